The fourth-order valence-electron chi connectivity index (χ4n) is 3.31. The minimum Gasteiger partial charge on any atom is -0.428 e. The smallest absolute Gasteiger partial charge is 0.131 e. The number of hydrogen-bond donors (Lipinski definition) is 1. The summed E-state index contributed by atoms with van der Waals surface area (Å²) in [6.07, 6.45) is 2.55. The summed E-state index contributed by atoms with van der Waals surface area (Å²) in [5, 5.41) is 12.1. The molecular weight excluding hydrogens is 372 g/mol. The quantitative estimate of drug-likeness (QED) is 0.345. The molecule has 0 aliphatic rings. The van der Waals surface area contributed by atoms with Crippen molar-refractivity contribution in [3.8, 4) is 11.4 Å². The van der Waals surface area contributed by atoms with Crippen molar-refractivity contribution < 1.29 is 10.0 Å². The summed E-state index contributed by atoms with van der Waals surface area (Å²) in [6, 6.07) is 20.2. The van der Waals surface area contributed by atoms with Gasteiger partial charge in [0.15, 0.2) is 0 Å². The molecule has 2 aromatic carbocycles. The average Bonchev–Trinajstić information content (AvgIpc) is 3.03. The van der Waals surface area contributed by atoms with Crippen molar-refractivity contribution in [2.75, 3.05) is 0 Å². The molecule has 5 heteroatoms. The van der Waals surface area contributed by atoms with Crippen molar-refractivity contribution in [1.29, 1.82) is 0 Å². The topological polar surface area (TPSA) is 55.1 Å². The molecule has 28 heavy (non-hydrogen) atoms. The zero-order chi connectivity index (χ0) is 20.1. The second-order valence-corrected chi connectivity index (χ2v) is 6.41. The summed E-state index contributed by atoms with van der Waals surface area (Å²) in [5.74, 6) is -0.537. The van der Waals surface area contributed by atoms with Crippen LogP contribution in [0.2, 0.25) is 5.02 Å². The molecule has 0 saturated carbocycles. The molecule has 4 nitrogen and oxygen atoms in total. The Morgan fingerprint density at radius 3 is 2.39 bits per heavy atom. The van der Waals surface area contributed by atoms with E-state index in [1.807, 2.05) is 56.3 Å². The maximum atomic E-state index is 12.1. The summed E-state index contributed by atoms with van der Waals surface area (Å²) >= 11 is 6.12. The van der Waals surface area contributed by atoms with E-state index in [1.165, 1.54) is 0 Å². The van der Waals surface area contributed by atoms with Crippen molar-refractivity contribution in [1.82, 2.24) is 9.71 Å². The van der Waals surface area contributed by atoms with Crippen LogP contribution in [0.15, 0.2) is 72.9 Å². The molecule has 2 aromatic heterocycles. The molecule has 0 bridgehead atoms. The average molecular weight is 393 g/mol. The Balaban J connectivity index is 0.00000109. The number of nitrogens with zero attached hydrogens (tertiary/aromatic N) is 2. The molecule has 0 fully saturated rings. The lowest BCUT2D eigenvalue weighted by atomic mass is 9.89. The first-order chi connectivity index (χ1) is 13.7. The molecule has 142 valence electrons. The minimum atomic E-state index is -0.537. The first-order valence-corrected chi connectivity index (χ1v) is 9.53. The summed E-state index contributed by atoms with van der Waals surface area (Å²) in [6.45, 7) is 4.00. The SMILES string of the molecule is CC.O=CC(c1ccccc1)c1c(-c2ccccn2)n(O)c2cc(Cl)ccc12. The lowest BCUT2D eigenvalue weighted by molar-refractivity contribution is -0.108. The van der Waals surface area contributed by atoms with Gasteiger partial charge in [-0.3, -0.25) is 4.98 Å². The molecule has 1 unspecified atom stereocenters. The molecular formula is C23H21ClN2O2. The minimum absolute atomic E-state index is 0.490. The normalized spacial score (nSPS) is 11.5. The number of aromatic nitrogens is 2. The molecule has 0 amide bonds. The molecule has 0 radical (unpaired) electrons. The molecule has 0 spiro atoms. The van der Waals surface area contributed by atoms with Crippen molar-refractivity contribution >= 4 is 28.8 Å². The van der Waals surface area contributed by atoms with Crippen molar-refractivity contribution in [3.63, 3.8) is 0 Å². The summed E-state index contributed by atoms with van der Waals surface area (Å²) in [4.78, 5) is 16.4. The van der Waals surface area contributed by atoms with Gasteiger partial charge in [0.1, 0.15) is 12.0 Å². The lowest BCUT2D eigenvalue weighted by Gasteiger charge is -2.13. The molecule has 2 heterocycles. The van der Waals surface area contributed by atoms with Gasteiger partial charge in [0, 0.05) is 22.2 Å². The Morgan fingerprint density at radius 2 is 1.75 bits per heavy atom. The van der Waals surface area contributed by atoms with Gasteiger partial charge in [-0.05, 0) is 29.8 Å². The fourth-order valence-corrected chi connectivity index (χ4v) is 3.47. The molecule has 0 aliphatic carbocycles. The molecule has 1 N–H and O–H groups in total. The molecule has 0 saturated heterocycles. The predicted molar refractivity (Wildman–Crippen MR) is 113 cm³/mol. The Kier molecular flexibility index (Phi) is 6.12. The zero-order valence-corrected chi connectivity index (χ0v) is 16.5. The van der Waals surface area contributed by atoms with Crippen LogP contribution in [0.4, 0.5) is 0 Å². The number of hydrogen-bond acceptors (Lipinski definition) is 3. The van der Waals surface area contributed by atoms with Gasteiger partial charge in [-0.1, -0.05) is 67.9 Å². The van der Waals surface area contributed by atoms with E-state index < -0.39 is 5.92 Å². The highest BCUT2D eigenvalue weighted by atomic mass is 35.5. The second kappa shape index (κ2) is 8.72. The van der Waals surface area contributed by atoms with Crippen molar-refractivity contribution in [2.24, 2.45) is 0 Å². The number of halogens is 1. The van der Waals surface area contributed by atoms with Gasteiger partial charge in [-0.2, -0.15) is 4.73 Å². The Morgan fingerprint density at radius 1 is 1.04 bits per heavy atom. The van der Waals surface area contributed by atoms with E-state index in [2.05, 4.69) is 4.98 Å². The maximum Gasteiger partial charge on any atom is 0.131 e. The second-order valence-electron chi connectivity index (χ2n) is 5.97. The van der Waals surface area contributed by atoms with E-state index in [9.17, 15) is 10.0 Å². The highest BCUT2D eigenvalue weighted by molar-refractivity contribution is 6.31. The van der Waals surface area contributed by atoms with E-state index in [1.54, 1.807) is 30.5 Å². The van der Waals surface area contributed by atoms with E-state index >= 15 is 0 Å². The van der Waals surface area contributed by atoms with Crippen LogP contribution in [0.1, 0.15) is 30.9 Å². The summed E-state index contributed by atoms with van der Waals surface area (Å²) in [7, 11) is 0. The van der Waals surface area contributed by atoms with Crippen molar-refractivity contribution in [2.45, 2.75) is 19.8 Å². The van der Waals surface area contributed by atoms with Gasteiger partial charge in [0.2, 0.25) is 0 Å². The van der Waals surface area contributed by atoms with E-state index in [0.29, 0.717) is 27.5 Å². The maximum absolute atomic E-state index is 12.1. The number of pyridine rings is 1. The van der Waals surface area contributed by atoms with E-state index in [-0.39, 0.29) is 0 Å². The Bertz CT molecular complexity index is 1080. The van der Waals surface area contributed by atoms with Gasteiger partial charge in [-0.25, -0.2) is 0 Å². The number of fused-ring (bicyclic) bond motifs is 1. The van der Waals surface area contributed by atoms with Gasteiger partial charge in [-0.15, -0.1) is 0 Å². The third-order valence-electron chi connectivity index (χ3n) is 4.46. The number of rotatable bonds is 4. The zero-order valence-electron chi connectivity index (χ0n) is 15.7. The van der Waals surface area contributed by atoms with Crippen LogP contribution in [0.25, 0.3) is 22.3 Å². The van der Waals surface area contributed by atoms with Gasteiger partial charge >= 0.3 is 0 Å². The number of carbonyl (C=O) groups excluding carboxylic acids is 1. The highest BCUT2D eigenvalue weighted by Crippen LogP contribution is 2.39. The fraction of sp³-hybridized carbons (Fsp3) is 0.130. The van der Waals surface area contributed by atoms with Crippen LogP contribution in [-0.2, 0) is 4.79 Å². The van der Waals surface area contributed by atoms with Gasteiger partial charge < -0.3 is 10.0 Å². The summed E-state index contributed by atoms with van der Waals surface area (Å²) in [5.41, 5.74) is 3.17. The van der Waals surface area contributed by atoms with Crippen LogP contribution < -0.4 is 0 Å². The number of benzene rings is 2. The lowest BCUT2D eigenvalue weighted by Crippen LogP contribution is -2.05. The number of carbonyl (C=O) groups is 1. The summed E-state index contributed by atoms with van der Waals surface area (Å²) < 4.78 is 1.07. The van der Waals surface area contributed by atoms with E-state index in [4.69, 9.17) is 11.6 Å². The third-order valence-corrected chi connectivity index (χ3v) is 4.69. The third kappa shape index (κ3) is 3.51. The first kappa shape index (κ1) is 19.6. The standard InChI is InChI=1S/C21H15ClN2O2.C2H6/c22-15-9-10-16-19(12-15)24(26)21(18-8-4-5-11-23-18)20(16)17(13-25)14-6-2-1-3-7-14;1-2/h1-13,17,26H;1-2H3. The molecule has 4 aromatic rings. The highest BCUT2D eigenvalue weighted by Gasteiger charge is 2.27. The van der Waals surface area contributed by atoms with Crippen LogP contribution in [-0.4, -0.2) is 21.2 Å². The van der Waals surface area contributed by atoms with Crippen LogP contribution in [0.5, 0.6) is 0 Å². The van der Waals surface area contributed by atoms with Gasteiger partial charge in [0.05, 0.1) is 17.1 Å². The Hall–Kier alpha value is -3.11. The van der Waals surface area contributed by atoms with E-state index in [0.717, 1.165) is 22.0 Å². The molecule has 1 atom stereocenters. The van der Waals surface area contributed by atoms with Crippen LogP contribution >= 0.6 is 11.6 Å². The van der Waals surface area contributed by atoms with Crippen molar-refractivity contribution in [3.05, 3.63) is 89.1 Å². The van der Waals surface area contributed by atoms with Crippen LogP contribution in [0.3, 0.4) is 0 Å². The molecule has 4 rings (SSSR count). The largest absolute Gasteiger partial charge is 0.428 e. The predicted octanol–water partition coefficient (Wildman–Crippen LogP) is 5.95. The first-order valence-electron chi connectivity index (χ1n) is 9.15. The van der Waals surface area contributed by atoms with Crippen LogP contribution in [0, 0.1) is 0 Å². The van der Waals surface area contributed by atoms with Gasteiger partial charge in [0.25, 0.3) is 0 Å². The molecule has 0 aliphatic heterocycles. The number of aldehydes is 1. The monoisotopic (exact) mass is 392 g/mol. The Labute approximate surface area is 169 Å².